The van der Waals surface area contributed by atoms with Crippen molar-refractivity contribution in [3.05, 3.63) is 23.3 Å². The third kappa shape index (κ3) is 2.70. The molecule has 0 radical (unpaired) electrons. The summed E-state index contributed by atoms with van der Waals surface area (Å²) in [6.45, 7) is 5.70. The van der Waals surface area contributed by atoms with E-state index in [2.05, 4.69) is 5.16 Å². The molecule has 0 fully saturated rings. The lowest BCUT2D eigenvalue weighted by atomic mass is 9.94. The molecule has 17 heavy (non-hydrogen) atoms. The Bertz CT molecular complexity index is 427. The first-order valence-electron chi connectivity index (χ1n) is 5.46. The van der Waals surface area contributed by atoms with Gasteiger partial charge in [-0.3, -0.25) is 0 Å². The first-order valence-corrected chi connectivity index (χ1v) is 5.46. The van der Waals surface area contributed by atoms with E-state index in [-0.39, 0.29) is 5.92 Å². The Kier molecular flexibility index (Phi) is 4.37. The summed E-state index contributed by atoms with van der Waals surface area (Å²) < 4.78 is 10.6. The summed E-state index contributed by atoms with van der Waals surface area (Å²) in [6, 6.07) is 3.85. The Hall–Kier alpha value is -1.71. The topological polar surface area (TPSA) is 51.0 Å². The number of nitrogens with zero attached hydrogens (tertiary/aromatic N) is 1. The molecular formula is C13H19NO3. The first kappa shape index (κ1) is 13.4. The number of ether oxygens (including phenoxy) is 2. The quantitative estimate of drug-likeness (QED) is 0.497. The van der Waals surface area contributed by atoms with Crippen molar-refractivity contribution in [1.29, 1.82) is 0 Å². The lowest BCUT2D eigenvalue weighted by Crippen LogP contribution is -2.07. The van der Waals surface area contributed by atoms with E-state index >= 15 is 0 Å². The highest BCUT2D eigenvalue weighted by Crippen LogP contribution is 2.33. The number of aryl methyl sites for hydroxylation is 1. The molecule has 0 aliphatic carbocycles. The van der Waals surface area contributed by atoms with Crippen LogP contribution in [-0.2, 0) is 0 Å². The van der Waals surface area contributed by atoms with Crippen molar-refractivity contribution in [2.24, 2.45) is 5.16 Å². The average Bonchev–Trinajstić information content (AvgIpc) is 2.36. The third-order valence-corrected chi connectivity index (χ3v) is 3.00. The van der Waals surface area contributed by atoms with Gasteiger partial charge >= 0.3 is 0 Å². The van der Waals surface area contributed by atoms with E-state index in [9.17, 15) is 0 Å². The molecule has 0 saturated heterocycles. The van der Waals surface area contributed by atoms with E-state index in [1.165, 1.54) is 0 Å². The fraction of sp³-hybridized carbons (Fsp3) is 0.462. The monoisotopic (exact) mass is 237 g/mol. The second-order valence-electron chi connectivity index (χ2n) is 4.03. The van der Waals surface area contributed by atoms with Crippen molar-refractivity contribution in [2.75, 3.05) is 14.2 Å². The smallest absolute Gasteiger partial charge is 0.123 e. The number of oxime groups is 1. The van der Waals surface area contributed by atoms with Gasteiger partial charge in [-0.1, -0.05) is 12.1 Å². The van der Waals surface area contributed by atoms with Crippen LogP contribution in [-0.4, -0.2) is 25.1 Å². The normalized spacial score (nSPS) is 13.4. The molecule has 0 saturated carbocycles. The van der Waals surface area contributed by atoms with Crippen LogP contribution in [0.4, 0.5) is 0 Å². The summed E-state index contributed by atoms with van der Waals surface area (Å²) in [7, 11) is 3.26. The second-order valence-corrected chi connectivity index (χ2v) is 4.03. The molecule has 0 aromatic heterocycles. The molecule has 1 aromatic carbocycles. The van der Waals surface area contributed by atoms with Gasteiger partial charge in [0.25, 0.3) is 0 Å². The highest BCUT2D eigenvalue weighted by Gasteiger charge is 2.17. The van der Waals surface area contributed by atoms with E-state index in [4.69, 9.17) is 14.7 Å². The highest BCUT2D eigenvalue weighted by atomic mass is 16.5. The highest BCUT2D eigenvalue weighted by molar-refractivity contribution is 5.88. The van der Waals surface area contributed by atoms with Gasteiger partial charge in [0.1, 0.15) is 11.5 Å². The van der Waals surface area contributed by atoms with Gasteiger partial charge in [0, 0.05) is 11.5 Å². The molecule has 94 valence electrons. The van der Waals surface area contributed by atoms with E-state index in [1.54, 1.807) is 21.1 Å². The Morgan fingerprint density at radius 1 is 1.24 bits per heavy atom. The van der Waals surface area contributed by atoms with Gasteiger partial charge in [0.15, 0.2) is 0 Å². The van der Waals surface area contributed by atoms with Gasteiger partial charge in [-0.2, -0.15) is 0 Å². The Morgan fingerprint density at radius 3 is 2.29 bits per heavy atom. The van der Waals surface area contributed by atoms with Crippen LogP contribution in [0.25, 0.3) is 0 Å². The largest absolute Gasteiger partial charge is 0.496 e. The maximum atomic E-state index is 8.83. The second kappa shape index (κ2) is 5.57. The average molecular weight is 237 g/mol. The molecule has 4 nitrogen and oxygen atoms in total. The molecule has 4 heteroatoms. The molecule has 0 bridgehead atoms. The zero-order valence-electron chi connectivity index (χ0n) is 10.9. The molecule has 1 rings (SSSR count). The van der Waals surface area contributed by atoms with Gasteiger partial charge < -0.3 is 14.7 Å². The molecular weight excluding hydrogens is 218 g/mol. The fourth-order valence-electron chi connectivity index (χ4n) is 1.72. The van der Waals surface area contributed by atoms with Crippen LogP contribution in [0.3, 0.4) is 0 Å². The number of methoxy groups -OCH3 is 2. The number of hydrogen-bond donors (Lipinski definition) is 1. The van der Waals surface area contributed by atoms with Crippen molar-refractivity contribution in [2.45, 2.75) is 26.7 Å². The zero-order valence-corrected chi connectivity index (χ0v) is 10.9. The van der Waals surface area contributed by atoms with Crippen molar-refractivity contribution < 1.29 is 14.7 Å². The summed E-state index contributed by atoms with van der Waals surface area (Å²) in [5.41, 5.74) is 2.60. The molecule has 0 unspecified atom stereocenters. The van der Waals surface area contributed by atoms with Gasteiger partial charge in [-0.15, -0.1) is 0 Å². The lowest BCUT2D eigenvalue weighted by Gasteiger charge is -2.17. The summed E-state index contributed by atoms with van der Waals surface area (Å²) >= 11 is 0. The number of hydrogen-bond acceptors (Lipinski definition) is 4. The Morgan fingerprint density at radius 2 is 1.82 bits per heavy atom. The van der Waals surface area contributed by atoms with E-state index in [0.29, 0.717) is 5.71 Å². The molecule has 0 amide bonds. The van der Waals surface area contributed by atoms with Gasteiger partial charge in [-0.25, -0.2) is 0 Å². The molecule has 0 heterocycles. The number of rotatable bonds is 4. The first-order chi connectivity index (χ1) is 8.04. The van der Waals surface area contributed by atoms with Crippen LogP contribution in [0.15, 0.2) is 17.3 Å². The summed E-state index contributed by atoms with van der Waals surface area (Å²) in [6.07, 6.45) is 0. The van der Waals surface area contributed by atoms with E-state index in [0.717, 1.165) is 22.6 Å². The standard InChI is InChI=1S/C13H19NO3/c1-8-6-13(17-5)11(7-12(8)16-4)9(2)10(3)14-15/h6-7,9,15H,1-5H3/b14-10-/t9-/m0/s1. The lowest BCUT2D eigenvalue weighted by molar-refractivity contribution is 0.316. The maximum Gasteiger partial charge on any atom is 0.123 e. The van der Waals surface area contributed by atoms with Gasteiger partial charge in [-0.05, 0) is 31.5 Å². The minimum Gasteiger partial charge on any atom is -0.496 e. The Balaban J connectivity index is 3.30. The minimum absolute atomic E-state index is 0.0237. The predicted octanol–water partition coefficient (Wildman–Crippen LogP) is 2.97. The molecule has 0 spiro atoms. The molecule has 0 aliphatic rings. The van der Waals surface area contributed by atoms with Crippen LogP contribution in [0, 0.1) is 6.92 Å². The van der Waals surface area contributed by atoms with Crippen molar-refractivity contribution in [1.82, 2.24) is 0 Å². The van der Waals surface area contributed by atoms with Crippen LogP contribution in [0.5, 0.6) is 11.5 Å². The van der Waals surface area contributed by atoms with Gasteiger partial charge in [0.05, 0.1) is 19.9 Å². The fourth-order valence-corrected chi connectivity index (χ4v) is 1.72. The Labute approximate surface area is 102 Å². The zero-order chi connectivity index (χ0) is 13.0. The number of benzene rings is 1. The minimum atomic E-state index is -0.0237. The third-order valence-electron chi connectivity index (χ3n) is 3.00. The summed E-state index contributed by atoms with van der Waals surface area (Å²) in [5.74, 6) is 1.56. The van der Waals surface area contributed by atoms with Crippen LogP contribution in [0.2, 0.25) is 0 Å². The predicted molar refractivity (Wildman–Crippen MR) is 67.6 cm³/mol. The molecule has 1 atom stereocenters. The maximum absolute atomic E-state index is 8.83. The van der Waals surface area contributed by atoms with E-state index < -0.39 is 0 Å². The van der Waals surface area contributed by atoms with Crippen molar-refractivity contribution in [3.8, 4) is 11.5 Å². The van der Waals surface area contributed by atoms with Crippen molar-refractivity contribution in [3.63, 3.8) is 0 Å². The molecule has 1 aromatic rings. The van der Waals surface area contributed by atoms with Crippen LogP contribution >= 0.6 is 0 Å². The van der Waals surface area contributed by atoms with Crippen LogP contribution in [0.1, 0.15) is 30.9 Å². The SMILES string of the molecule is COc1cc([C@@H](C)/C(C)=N\O)c(OC)cc1C. The molecule has 0 aliphatic heterocycles. The summed E-state index contributed by atoms with van der Waals surface area (Å²) in [4.78, 5) is 0. The van der Waals surface area contributed by atoms with Crippen LogP contribution < -0.4 is 9.47 Å². The molecule has 1 N–H and O–H groups in total. The van der Waals surface area contributed by atoms with E-state index in [1.807, 2.05) is 26.0 Å². The van der Waals surface area contributed by atoms with Crippen molar-refractivity contribution >= 4 is 5.71 Å². The summed E-state index contributed by atoms with van der Waals surface area (Å²) in [5, 5.41) is 12.1. The van der Waals surface area contributed by atoms with Gasteiger partial charge in [0.2, 0.25) is 0 Å².